The molecule has 0 aromatic carbocycles. The van der Waals surface area contributed by atoms with E-state index in [0.29, 0.717) is 12.8 Å². The minimum Gasteiger partial charge on any atom is -0.462 e. The number of aliphatic hydroxyl groups excluding tert-OH is 3. The summed E-state index contributed by atoms with van der Waals surface area (Å²) in [6.45, 7) is 3.63. The van der Waals surface area contributed by atoms with Crippen LogP contribution in [0.5, 0.6) is 0 Å². The third kappa shape index (κ3) is 32.5. The zero-order chi connectivity index (χ0) is 45.5. The Morgan fingerprint density at radius 3 is 1.44 bits per heavy atom. The maximum absolute atomic E-state index is 12.8. The van der Waals surface area contributed by atoms with E-state index >= 15 is 0 Å². The zero-order valence-electron chi connectivity index (χ0n) is 37.7. The summed E-state index contributed by atoms with van der Waals surface area (Å²) in [5.74, 6) is -2.09. The molecule has 354 valence electrons. The van der Waals surface area contributed by atoms with E-state index in [9.17, 15) is 37.9 Å². The first-order valence-corrected chi connectivity index (χ1v) is 24.8. The molecule has 1 saturated heterocycles. The van der Waals surface area contributed by atoms with Gasteiger partial charge in [-0.25, -0.2) is 0 Å². The molecule has 0 aromatic heterocycles. The van der Waals surface area contributed by atoms with Gasteiger partial charge in [-0.05, 0) is 96.3 Å². The molecule has 1 aliphatic heterocycles. The second kappa shape index (κ2) is 38.3. The van der Waals surface area contributed by atoms with Gasteiger partial charge in [-0.2, -0.15) is 8.42 Å². The molecule has 0 amide bonds. The Bertz CT molecular complexity index is 1460. The number of esters is 2. The largest absolute Gasteiger partial charge is 0.462 e. The standard InChI is InChI=1S/C49H80O12S/c1-3-5-7-9-11-13-15-17-19-20-21-22-24-25-27-29-31-33-35-37-44(50)58-39-42(40-59-49-48(54)47(53)46(52)43(61-49)41-62(55,56)57)60-45(51)38-36-34-32-30-28-26-23-18-16-14-12-10-8-6-4-2/h11-14,17-19,21-23,25,27-28,30,42-43,46-49,52-54H,3-10,15-16,20,24,26,29,31-41H2,1-2H3,(H,55,56,57)/b13-11+,14-12+,19-17+,22-21+,23-18+,27-25+,30-28+/t42-,43-,46-,47?,48?,49+/m1/s1. The maximum atomic E-state index is 12.8. The molecular weight excluding hydrogens is 813 g/mol. The molecule has 1 fully saturated rings. The lowest BCUT2D eigenvalue weighted by molar-refractivity contribution is -0.297. The Labute approximate surface area is 373 Å². The summed E-state index contributed by atoms with van der Waals surface area (Å²) < 4.78 is 54.0. The molecule has 0 aromatic rings. The number of hydrogen-bond acceptors (Lipinski definition) is 11. The summed E-state index contributed by atoms with van der Waals surface area (Å²) in [4.78, 5) is 25.4. The van der Waals surface area contributed by atoms with Gasteiger partial charge in [0, 0.05) is 12.8 Å². The molecule has 1 aliphatic rings. The molecule has 0 bridgehead atoms. The Kier molecular flexibility index (Phi) is 35.1. The van der Waals surface area contributed by atoms with E-state index < -0.39 is 71.2 Å². The van der Waals surface area contributed by atoms with Gasteiger partial charge in [0.1, 0.15) is 36.8 Å². The highest BCUT2D eigenvalue weighted by molar-refractivity contribution is 7.85. The van der Waals surface area contributed by atoms with Crippen molar-refractivity contribution >= 4 is 22.1 Å². The molecule has 0 aliphatic carbocycles. The van der Waals surface area contributed by atoms with E-state index in [-0.39, 0.29) is 19.4 Å². The summed E-state index contributed by atoms with van der Waals surface area (Å²) >= 11 is 0. The lowest BCUT2D eigenvalue weighted by atomic mass is 10.00. The monoisotopic (exact) mass is 893 g/mol. The third-order valence-corrected chi connectivity index (χ3v) is 10.7. The van der Waals surface area contributed by atoms with Crippen LogP contribution in [0.3, 0.4) is 0 Å². The van der Waals surface area contributed by atoms with E-state index in [0.717, 1.165) is 77.0 Å². The molecule has 2 unspecified atom stereocenters. The van der Waals surface area contributed by atoms with Crippen LogP contribution in [-0.4, -0.2) is 96.0 Å². The fourth-order valence-electron chi connectivity index (χ4n) is 6.31. The number of rotatable bonds is 37. The molecule has 1 heterocycles. The number of unbranched alkanes of at least 4 members (excludes halogenated alkanes) is 11. The maximum Gasteiger partial charge on any atom is 0.306 e. The van der Waals surface area contributed by atoms with E-state index in [1.54, 1.807) is 0 Å². The first-order chi connectivity index (χ1) is 30.0. The predicted molar refractivity (Wildman–Crippen MR) is 247 cm³/mol. The lowest BCUT2D eigenvalue weighted by Crippen LogP contribution is -2.60. The number of hydrogen-bond donors (Lipinski definition) is 4. The van der Waals surface area contributed by atoms with Crippen LogP contribution in [0.4, 0.5) is 0 Å². The summed E-state index contributed by atoms with van der Waals surface area (Å²) in [5, 5.41) is 30.9. The van der Waals surface area contributed by atoms with Gasteiger partial charge >= 0.3 is 11.9 Å². The van der Waals surface area contributed by atoms with Crippen LogP contribution in [0.1, 0.15) is 155 Å². The lowest BCUT2D eigenvalue weighted by Gasteiger charge is -2.40. The van der Waals surface area contributed by atoms with Crippen LogP contribution in [0.15, 0.2) is 85.1 Å². The third-order valence-electron chi connectivity index (χ3n) is 9.95. The molecule has 6 atom stereocenters. The van der Waals surface area contributed by atoms with Crippen molar-refractivity contribution in [3.05, 3.63) is 85.1 Å². The van der Waals surface area contributed by atoms with Crippen LogP contribution >= 0.6 is 0 Å². The van der Waals surface area contributed by atoms with Crippen molar-refractivity contribution in [2.24, 2.45) is 0 Å². The summed E-state index contributed by atoms with van der Waals surface area (Å²) in [6, 6.07) is 0. The van der Waals surface area contributed by atoms with E-state index in [1.807, 2.05) is 0 Å². The van der Waals surface area contributed by atoms with Gasteiger partial charge < -0.3 is 34.3 Å². The first kappa shape index (κ1) is 56.8. The quantitative estimate of drug-likeness (QED) is 0.0201. The molecule has 62 heavy (non-hydrogen) atoms. The minimum absolute atomic E-state index is 0.103. The zero-order valence-corrected chi connectivity index (χ0v) is 38.5. The van der Waals surface area contributed by atoms with Gasteiger partial charge in [0.2, 0.25) is 0 Å². The average molecular weight is 893 g/mol. The highest BCUT2D eigenvalue weighted by atomic mass is 32.2. The Morgan fingerprint density at radius 2 is 0.968 bits per heavy atom. The summed E-state index contributed by atoms with van der Waals surface area (Å²) in [6.07, 6.45) is 40.5. The number of ether oxygens (including phenoxy) is 4. The van der Waals surface area contributed by atoms with Crippen molar-refractivity contribution in [1.82, 2.24) is 0 Å². The van der Waals surface area contributed by atoms with Crippen molar-refractivity contribution in [1.29, 1.82) is 0 Å². The van der Waals surface area contributed by atoms with Gasteiger partial charge in [-0.3, -0.25) is 14.1 Å². The molecule has 0 radical (unpaired) electrons. The molecule has 0 saturated carbocycles. The Hall–Kier alpha value is -3.17. The van der Waals surface area contributed by atoms with Crippen molar-refractivity contribution in [2.45, 2.75) is 192 Å². The molecule has 1 rings (SSSR count). The van der Waals surface area contributed by atoms with Gasteiger partial charge in [0.15, 0.2) is 12.4 Å². The van der Waals surface area contributed by atoms with Gasteiger partial charge in [0.05, 0.1) is 6.61 Å². The van der Waals surface area contributed by atoms with E-state index in [4.69, 9.17) is 18.9 Å². The van der Waals surface area contributed by atoms with Crippen LogP contribution in [0, 0.1) is 0 Å². The Morgan fingerprint density at radius 1 is 0.548 bits per heavy atom. The molecule has 4 N–H and O–H groups in total. The van der Waals surface area contributed by atoms with Crippen molar-refractivity contribution < 1.29 is 56.8 Å². The fraction of sp³-hybridized carbons (Fsp3) is 0.673. The molecule has 0 spiro atoms. The first-order valence-electron chi connectivity index (χ1n) is 23.1. The van der Waals surface area contributed by atoms with Gasteiger partial charge in [-0.1, -0.05) is 131 Å². The number of carbonyl (C=O) groups is 2. The van der Waals surface area contributed by atoms with Crippen LogP contribution in [0.2, 0.25) is 0 Å². The fourth-order valence-corrected chi connectivity index (χ4v) is 7.00. The molecule has 12 nitrogen and oxygen atoms in total. The second-order valence-electron chi connectivity index (χ2n) is 15.7. The number of carbonyl (C=O) groups excluding carboxylic acids is 2. The number of allylic oxidation sites excluding steroid dienone is 14. The second-order valence-corrected chi connectivity index (χ2v) is 17.2. The van der Waals surface area contributed by atoms with Gasteiger partial charge in [0.25, 0.3) is 10.1 Å². The van der Waals surface area contributed by atoms with Crippen molar-refractivity contribution in [3.8, 4) is 0 Å². The number of aliphatic hydroxyl groups is 3. The predicted octanol–water partition coefficient (Wildman–Crippen LogP) is 9.67. The SMILES string of the molecule is CCCCC/C=C/C/C=C/C/C=C/C/C=C/CCCCCC(=O)OC[C@H](CO[C@H]1O[C@H](CS(=O)(=O)O)[C@@H](O)C(O)C1O)OC(=O)CCCC/C=C/C/C=C/C/C=C/CCCCC. The normalized spacial score (nSPS) is 20.6. The highest BCUT2D eigenvalue weighted by Crippen LogP contribution is 2.24. The topological polar surface area (TPSA) is 186 Å². The summed E-state index contributed by atoms with van der Waals surface area (Å²) in [7, 11) is -4.62. The molecular formula is C49H80O12S. The smallest absolute Gasteiger partial charge is 0.306 e. The average Bonchev–Trinajstić information content (AvgIpc) is 3.24. The van der Waals surface area contributed by atoms with E-state index in [2.05, 4.69) is 98.9 Å². The van der Waals surface area contributed by atoms with Crippen LogP contribution in [-0.2, 0) is 38.7 Å². The molecule has 13 heteroatoms. The summed E-state index contributed by atoms with van der Waals surface area (Å²) in [5.41, 5.74) is 0. The highest BCUT2D eigenvalue weighted by Gasteiger charge is 2.46. The van der Waals surface area contributed by atoms with Crippen LogP contribution in [0.25, 0.3) is 0 Å². The van der Waals surface area contributed by atoms with Crippen molar-refractivity contribution in [3.63, 3.8) is 0 Å². The van der Waals surface area contributed by atoms with Gasteiger partial charge in [-0.15, -0.1) is 0 Å². The van der Waals surface area contributed by atoms with Crippen LogP contribution < -0.4 is 0 Å². The van der Waals surface area contributed by atoms with E-state index in [1.165, 1.54) is 38.5 Å². The minimum atomic E-state index is -4.62. The van der Waals surface area contributed by atoms with Crippen molar-refractivity contribution in [2.75, 3.05) is 19.0 Å². The Balaban J connectivity index is 2.50.